The van der Waals surface area contributed by atoms with E-state index in [1.54, 1.807) is 21.1 Å². The Labute approximate surface area is 195 Å². The minimum atomic E-state index is -0.198. The summed E-state index contributed by atoms with van der Waals surface area (Å²) in [4.78, 5) is 17.6. The minimum absolute atomic E-state index is 0.111. The molecule has 7 heteroatoms. The summed E-state index contributed by atoms with van der Waals surface area (Å²) in [5.41, 5.74) is 2.79. The van der Waals surface area contributed by atoms with Gasteiger partial charge in [-0.1, -0.05) is 12.1 Å². The second-order valence-electron chi connectivity index (χ2n) is 8.99. The predicted molar refractivity (Wildman–Crippen MR) is 124 cm³/mol. The van der Waals surface area contributed by atoms with E-state index in [4.69, 9.17) is 14.2 Å². The van der Waals surface area contributed by atoms with Gasteiger partial charge in [0.05, 0.1) is 33.4 Å². The summed E-state index contributed by atoms with van der Waals surface area (Å²) in [6.45, 7) is 6.42. The Morgan fingerprint density at radius 3 is 2.39 bits per heavy atom. The number of methoxy groups -OCH3 is 2. The van der Waals surface area contributed by atoms with Gasteiger partial charge >= 0.3 is 0 Å². The van der Waals surface area contributed by atoms with Crippen LogP contribution in [0.3, 0.4) is 0 Å². The summed E-state index contributed by atoms with van der Waals surface area (Å²) in [6.07, 6.45) is 0.763. The monoisotopic (exact) mass is 456 g/mol. The molecule has 0 saturated carbocycles. The van der Waals surface area contributed by atoms with E-state index < -0.39 is 0 Å². The third kappa shape index (κ3) is 5.65. The molecule has 0 aliphatic carbocycles. The van der Waals surface area contributed by atoms with E-state index in [0.29, 0.717) is 45.0 Å². The molecule has 0 aromatic heterocycles. The van der Waals surface area contributed by atoms with Crippen molar-refractivity contribution in [3.05, 3.63) is 58.9 Å². The van der Waals surface area contributed by atoms with Crippen molar-refractivity contribution in [2.75, 3.05) is 53.6 Å². The van der Waals surface area contributed by atoms with Crippen LogP contribution in [0.1, 0.15) is 29.0 Å². The first kappa shape index (κ1) is 23.5. The van der Waals surface area contributed by atoms with Crippen molar-refractivity contribution in [1.29, 1.82) is 0 Å². The fourth-order valence-corrected chi connectivity index (χ4v) is 4.92. The van der Waals surface area contributed by atoms with Crippen molar-refractivity contribution in [3.8, 4) is 11.5 Å². The molecule has 2 saturated heterocycles. The lowest BCUT2D eigenvalue weighted by Gasteiger charge is -2.40. The van der Waals surface area contributed by atoms with Gasteiger partial charge in [-0.15, -0.1) is 0 Å². The Morgan fingerprint density at radius 1 is 1.06 bits per heavy atom. The summed E-state index contributed by atoms with van der Waals surface area (Å²) < 4.78 is 30.2. The first-order valence-corrected chi connectivity index (χ1v) is 11.5. The molecule has 2 fully saturated rings. The van der Waals surface area contributed by atoms with Crippen molar-refractivity contribution < 1.29 is 23.4 Å². The molecule has 0 bridgehead atoms. The molecule has 0 spiro atoms. The molecule has 2 atom stereocenters. The predicted octanol–water partition coefficient (Wildman–Crippen LogP) is 3.62. The second kappa shape index (κ2) is 10.5. The Bertz CT molecular complexity index is 955. The van der Waals surface area contributed by atoms with Gasteiger partial charge in [-0.25, -0.2) is 4.39 Å². The lowest BCUT2D eigenvalue weighted by atomic mass is 9.83. The molecular formula is C26H33FN2O4. The quantitative estimate of drug-likeness (QED) is 0.665. The summed E-state index contributed by atoms with van der Waals surface area (Å²) in [7, 11) is 3.28. The molecule has 1 amide bonds. The molecule has 6 nitrogen and oxygen atoms in total. The van der Waals surface area contributed by atoms with Crippen LogP contribution in [-0.2, 0) is 16.1 Å². The van der Waals surface area contributed by atoms with Crippen LogP contribution in [-0.4, -0.2) is 69.3 Å². The van der Waals surface area contributed by atoms with E-state index in [-0.39, 0.29) is 23.6 Å². The highest BCUT2D eigenvalue weighted by atomic mass is 19.1. The van der Waals surface area contributed by atoms with E-state index in [2.05, 4.69) is 4.90 Å². The van der Waals surface area contributed by atoms with Crippen LogP contribution in [0.2, 0.25) is 0 Å². The average molecular weight is 457 g/mol. The summed E-state index contributed by atoms with van der Waals surface area (Å²) >= 11 is 0. The third-order valence-corrected chi connectivity index (χ3v) is 6.67. The number of morpholine rings is 1. The number of carbonyl (C=O) groups excluding carboxylic acids is 1. The normalized spacial score (nSPS) is 21.6. The van der Waals surface area contributed by atoms with E-state index in [1.807, 2.05) is 35.2 Å². The lowest BCUT2D eigenvalue weighted by Crippen LogP contribution is -2.49. The maximum atomic E-state index is 13.9. The van der Waals surface area contributed by atoms with Crippen LogP contribution < -0.4 is 9.47 Å². The summed E-state index contributed by atoms with van der Waals surface area (Å²) in [5, 5.41) is 0. The maximum absolute atomic E-state index is 13.9. The van der Waals surface area contributed by atoms with Gasteiger partial charge in [-0.3, -0.25) is 9.69 Å². The molecule has 33 heavy (non-hydrogen) atoms. The zero-order valence-electron chi connectivity index (χ0n) is 19.7. The molecular weight excluding hydrogens is 423 g/mol. The van der Waals surface area contributed by atoms with Crippen molar-refractivity contribution >= 4 is 5.91 Å². The topological polar surface area (TPSA) is 51.2 Å². The van der Waals surface area contributed by atoms with Crippen molar-refractivity contribution in [2.45, 2.75) is 25.8 Å². The largest absolute Gasteiger partial charge is 0.497 e. The highest BCUT2D eigenvalue weighted by molar-refractivity contribution is 5.79. The van der Waals surface area contributed by atoms with Gasteiger partial charge in [0.2, 0.25) is 5.91 Å². The van der Waals surface area contributed by atoms with Crippen LogP contribution in [0.25, 0.3) is 0 Å². The number of benzene rings is 2. The number of amides is 1. The average Bonchev–Trinajstić information content (AvgIpc) is 2.85. The molecule has 4 rings (SSSR count). The minimum Gasteiger partial charge on any atom is -0.497 e. The molecule has 2 unspecified atom stereocenters. The molecule has 2 aromatic carbocycles. The molecule has 2 aromatic rings. The van der Waals surface area contributed by atoms with Crippen molar-refractivity contribution in [2.24, 2.45) is 5.92 Å². The molecule has 178 valence electrons. The number of halogens is 1. The summed E-state index contributed by atoms with van der Waals surface area (Å²) in [6, 6.07) is 11.2. The highest BCUT2D eigenvalue weighted by Crippen LogP contribution is 2.34. The fourth-order valence-electron chi connectivity index (χ4n) is 4.92. The zero-order valence-corrected chi connectivity index (χ0v) is 19.7. The molecule has 2 heterocycles. The number of rotatable bonds is 6. The Balaban J connectivity index is 1.58. The smallest absolute Gasteiger partial charge is 0.227 e. The Hall–Kier alpha value is -2.64. The number of aryl methyl sites for hydroxylation is 1. The first-order chi connectivity index (χ1) is 16.0. The van der Waals surface area contributed by atoms with Crippen LogP contribution in [0.4, 0.5) is 4.39 Å². The van der Waals surface area contributed by atoms with Crippen LogP contribution in [0, 0.1) is 18.7 Å². The van der Waals surface area contributed by atoms with Crippen molar-refractivity contribution in [1.82, 2.24) is 9.80 Å². The van der Waals surface area contributed by atoms with Gasteiger partial charge in [0.25, 0.3) is 0 Å². The van der Waals surface area contributed by atoms with Gasteiger partial charge < -0.3 is 19.1 Å². The number of piperidine rings is 1. The zero-order chi connectivity index (χ0) is 23.4. The van der Waals surface area contributed by atoms with Gasteiger partial charge in [0.15, 0.2) is 0 Å². The molecule has 2 aliphatic rings. The van der Waals surface area contributed by atoms with Crippen LogP contribution in [0.15, 0.2) is 36.4 Å². The highest BCUT2D eigenvalue weighted by Gasteiger charge is 2.35. The maximum Gasteiger partial charge on any atom is 0.227 e. The number of likely N-dealkylation sites (tertiary alicyclic amines) is 1. The second-order valence-corrected chi connectivity index (χ2v) is 8.99. The first-order valence-electron chi connectivity index (χ1n) is 11.5. The van der Waals surface area contributed by atoms with E-state index in [1.165, 1.54) is 6.07 Å². The Morgan fingerprint density at radius 2 is 1.76 bits per heavy atom. The number of nitrogens with zero attached hydrogens (tertiary/aromatic N) is 2. The fraction of sp³-hybridized carbons (Fsp3) is 0.500. The number of hydrogen-bond acceptors (Lipinski definition) is 5. The third-order valence-electron chi connectivity index (χ3n) is 6.67. The number of ether oxygens (including phenoxy) is 3. The lowest BCUT2D eigenvalue weighted by molar-refractivity contribution is -0.141. The number of carbonyl (C=O) groups is 1. The molecule has 0 radical (unpaired) electrons. The van der Waals surface area contributed by atoms with E-state index >= 15 is 0 Å². The van der Waals surface area contributed by atoms with Gasteiger partial charge in [-0.2, -0.15) is 0 Å². The van der Waals surface area contributed by atoms with Gasteiger partial charge in [0, 0.05) is 38.8 Å². The summed E-state index contributed by atoms with van der Waals surface area (Å²) in [5.74, 6) is 1.52. The molecule has 2 aliphatic heterocycles. The number of hydrogen-bond donors (Lipinski definition) is 0. The van der Waals surface area contributed by atoms with Crippen LogP contribution in [0.5, 0.6) is 11.5 Å². The van der Waals surface area contributed by atoms with Gasteiger partial charge in [0.1, 0.15) is 17.3 Å². The SMILES string of the molecule is COc1cc(CN2CC(C(=O)N3CCOCC3)CC(c3ccc(F)c(C)c3)C2)cc(OC)c1. The molecule has 0 N–H and O–H groups in total. The van der Waals surface area contributed by atoms with Crippen LogP contribution >= 0.6 is 0 Å². The van der Waals surface area contributed by atoms with Crippen molar-refractivity contribution in [3.63, 3.8) is 0 Å². The van der Waals surface area contributed by atoms with E-state index in [9.17, 15) is 9.18 Å². The van der Waals surface area contributed by atoms with E-state index in [0.717, 1.165) is 35.6 Å². The van der Waals surface area contributed by atoms with Gasteiger partial charge in [-0.05, 0) is 54.2 Å². The Kier molecular flexibility index (Phi) is 7.50. The standard InChI is InChI=1S/C26H33FN2O4/c1-18-10-20(4-5-25(18)27)21-13-22(26(30)29-6-8-33-9-7-29)17-28(16-21)15-19-11-23(31-2)14-24(12-19)32-3/h4-5,10-12,14,21-22H,6-9,13,15-17H2,1-3H3.